The zero-order valence-electron chi connectivity index (χ0n) is 13.5. The molecule has 0 aromatic heterocycles. The number of hydrogen-bond donors (Lipinski definition) is 1. The molecule has 6 heteroatoms. The van der Waals surface area contributed by atoms with E-state index in [2.05, 4.69) is 10.8 Å². The normalized spacial score (nSPS) is 19.4. The molecule has 1 saturated heterocycles. The van der Waals surface area contributed by atoms with E-state index in [-0.39, 0.29) is 11.2 Å². The summed E-state index contributed by atoms with van der Waals surface area (Å²) in [4.78, 5) is 14.7. The Kier molecular flexibility index (Phi) is 4.73. The average molecular weight is 336 g/mol. The van der Waals surface area contributed by atoms with Gasteiger partial charge in [0.25, 0.3) is 5.91 Å². The number of likely N-dealkylation sites (tertiary alicyclic amines) is 1. The summed E-state index contributed by atoms with van der Waals surface area (Å²) in [6, 6.07) is 6.01. The lowest BCUT2D eigenvalue weighted by atomic mass is 9.87. The smallest absolute Gasteiger partial charge is 0.254 e. The van der Waals surface area contributed by atoms with Crippen molar-refractivity contribution >= 4 is 15.9 Å². The van der Waals surface area contributed by atoms with E-state index in [0.29, 0.717) is 25.9 Å². The molecule has 1 amide bonds. The first kappa shape index (κ1) is 16.5. The third-order valence-electron chi connectivity index (χ3n) is 5.08. The highest BCUT2D eigenvalue weighted by Gasteiger charge is 2.31. The predicted molar refractivity (Wildman–Crippen MR) is 90.0 cm³/mol. The maximum atomic E-state index is 12.9. The molecule has 1 aliphatic heterocycles. The van der Waals surface area contributed by atoms with Gasteiger partial charge >= 0.3 is 0 Å². The molecule has 0 spiro atoms. The highest BCUT2D eigenvalue weighted by molar-refractivity contribution is 7.90. The third-order valence-corrected chi connectivity index (χ3v) is 7.00. The molecule has 23 heavy (non-hydrogen) atoms. The Balaban J connectivity index is 1.74. The molecule has 2 aliphatic rings. The van der Waals surface area contributed by atoms with Crippen molar-refractivity contribution in [1.82, 2.24) is 9.62 Å². The third kappa shape index (κ3) is 3.28. The van der Waals surface area contributed by atoms with Gasteiger partial charge in [-0.1, -0.05) is 12.1 Å². The van der Waals surface area contributed by atoms with Crippen LogP contribution in [0.2, 0.25) is 0 Å². The predicted octanol–water partition coefficient (Wildman–Crippen LogP) is 1.72. The molecular weight excluding hydrogens is 312 g/mol. The van der Waals surface area contributed by atoms with Crippen LogP contribution in [0.5, 0.6) is 0 Å². The van der Waals surface area contributed by atoms with Crippen molar-refractivity contribution in [2.75, 3.05) is 20.1 Å². The number of aryl methyl sites for hydroxylation is 1. The molecular formula is C17H24N2O3S. The average Bonchev–Trinajstić information content (AvgIpc) is 2.60. The second-order valence-corrected chi connectivity index (χ2v) is 8.56. The zero-order valence-corrected chi connectivity index (χ0v) is 14.4. The van der Waals surface area contributed by atoms with Crippen molar-refractivity contribution in [3.05, 3.63) is 34.9 Å². The van der Waals surface area contributed by atoms with Gasteiger partial charge < -0.3 is 4.90 Å². The minimum absolute atomic E-state index is 0.0593. The van der Waals surface area contributed by atoms with E-state index in [4.69, 9.17) is 0 Å². The van der Waals surface area contributed by atoms with Crippen LogP contribution in [0.25, 0.3) is 0 Å². The first-order chi connectivity index (χ1) is 11.0. The standard InChI is InChI=1S/C17H24N2O3S/c1-18-23(21,22)14-9-11-19(12-10-14)17(20)16-8-4-6-13-5-2-3-7-15(13)16/h4,6,8,14,18H,2-3,5,7,9-12H2,1H3. The monoisotopic (exact) mass is 336 g/mol. The quantitative estimate of drug-likeness (QED) is 0.914. The van der Waals surface area contributed by atoms with Crippen molar-refractivity contribution in [3.8, 4) is 0 Å². The molecule has 1 heterocycles. The van der Waals surface area contributed by atoms with Gasteiger partial charge in [-0.15, -0.1) is 0 Å². The number of benzene rings is 1. The fraction of sp³-hybridized carbons (Fsp3) is 0.588. The van der Waals surface area contributed by atoms with Crippen LogP contribution < -0.4 is 4.72 Å². The summed E-state index contributed by atoms with van der Waals surface area (Å²) >= 11 is 0. The van der Waals surface area contributed by atoms with Crippen LogP contribution in [-0.4, -0.2) is 44.6 Å². The van der Waals surface area contributed by atoms with Crippen LogP contribution in [0.3, 0.4) is 0 Å². The number of sulfonamides is 1. The van der Waals surface area contributed by atoms with E-state index in [9.17, 15) is 13.2 Å². The topological polar surface area (TPSA) is 66.5 Å². The molecule has 5 nitrogen and oxygen atoms in total. The number of amides is 1. The minimum Gasteiger partial charge on any atom is -0.339 e. The van der Waals surface area contributed by atoms with E-state index in [0.717, 1.165) is 24.8 Å². The van der Waals surface area contributed by atoms with Gasteiger partial charge in [-0.3, -0.25) is 4.79 Å². The summed E-state index contributed by atoms with van der Waals surface area (Å²) in [7, 11) is -1.79. The van der Waals surface area contributed by atoms with E-state index in [1.165, 1.54) is 24.6 Å². The molecule has 0 unspecified atom stereocenters. The van der Waals surface area contributed by atoms with Crippen LogP contribution >= 0.6 is 0 Å². The zero-order chi connectivity index (χ0) is 16.4. The van der Waals surface area contributed by atoms with Crippen LogP contribution in [0.4, 0.5) is 0 Å². The van der Waals surface area contributed by atoms with Gasteiger partial charge in [0.15, 0.2) is 0 Å². The van der Waals surface area contributed by atoms with Gasteiger partial charge in [-0.2, -0.15) is 0 Å². The van der Waals surface area contributed by atoms with E-state index in [1.54, 1.807) is 0 Å². The van der Waals surface area contributed by atoms with E-state index in [1.807, 2.05) is 17.0 Å². The Hall–Kier alpha value is -1.40. The summed E-state index contributed by atoms with van der Waals surface area (Å²) in [6.07, 6.45) is 5.37. The second kappa shape index (κ2) is 6.61. The molecule has 1 aliphatic carbocycles. The number of nitrogens with zero attached hydrogens (tertiary/aromatic N) is 1. The van der Waals surface area contributed by atoms with E-state index >= 15 is 0 Å². The maximum absolute atomic E-state index is 12.9. The van der Waals surface area contributed by atoms with Crippen LogP contribution in [0, 0.1) is 0 Å². The summed E-state index contributed by atoms with van der Waals surface area (Å²) in [5.41, 5.74) is 3.32. The summed E-state index contributed by atoms with van der Waals surface area (Å²) in [6.45, 7) is 1.02. The fourth-order valence-electron chi connectivity index (χ4n) is 3.69. The Morgan fingerprint density at radius 2 is 1.87 bits per heavy atom. The van der Waals surface area contributed by atoms with Crippen molar-refractivity contribution in [3.63, 3.8) is 0 Å². The summed E-state index contributed by atoms with van der Waals surface area (Å²) < 4.78 is 26.2. The van der Waals surface area contributed by atoms with Gasteiger partial charge in [-0.25, -0.2) is 13.1 Å². The molecule has 0 atom stereocenters. The molecule has 1 fully saturated rings. The minimum atomic E-state index is -3.24. The maximum Gasteiger partial charge on any atom is 0.254 e. The van der Waals surface area contributed by atoms with Crippen molar-refractivity contribution in [2.24, 2.45) is 0 Å². The second-order valence-electron chi connectivity index (χ2n) is 6.39. The van der Waals surface area contributed by atoms with E-state index < -0.39 is 10.0 Å². The Morgan fingerprint density at radius 3 is 2.57 bits per heavy atom. The Labute approximate surface area is 138 Å². The summed E-state index contributed by atoms with van der Waals surface area (Å²) in [5, 5.41) is -0.388. The van der Waals surface area contributed by atoms with Gasteiger partial charge in [0.2, 0.25) is 10.0 Å². The Morgan fingerprint density at radius 1 is 1.17 bits per heavy atom. The van der Waals surface area contributed by atoms with Gasteiger partial charge in [0.1, 0.15) is 0 Å². The van der Waals surface area contributed by atoms with Crippen LogP contribution in [0.15, 0.2) is 18.2 Å². The molecule has 0 radical (unpaired) electrons. The molecule has 126 valence electrons. The lowest BCUT2D eigenvalue weighted by Crippen LogP contribution is -2.45. The van der Waals surface area contributed by atoms with Crippen molar-refractivity contribution < 1.29 is 13.2 Å². The highest BCUT2D eigenvalue weighted by atomic mass is 32.2. The SMILES string of the molecule is CNS(=O)(=O)C1CCN(C(=O)c2cccc3c2CCCC3)CC1. The lowest BCUT2D eigenvalue weighted by molar-refractivity contribution is 0.0724. The van der Waals surface area contributed by atoms with Crippen molar-refractivity contribution in [2.45, 2.75) is 43.8 Å². The fourth-order valence-corrected chi connectivity index (χ4v) is 4.85. The first-order valence-corrected chi connectivity index (χ1v) is 9.90. The number of rotatable bonds is 3. The Bertz CT molecular complexity index is 692. The molecule has 0 saturated carbocycles. The van der Waals surface area contributed by atoms with Crippen LogP contribution in [-0.2, 0) is 22.9 Å². The van der Waals surface area contributed by atoms with Gasteiger partial charge in [0.05, 0.1) is 5.25 Å². The number of carbonyl (C=O) groups is 1. The van der Waals surface area contributed by atoms with Crippen molar-refractivity contribution in [1.29, 1.82) is 0 Å². The number of fused-ring (bicyclic) bond motifs is 1. The molecule has 0 bridgehead atoms. The highest BCUT2D eigenvalue weighted by Crippen LogP contribution is 2.26. The largest absolute Gasteiger partial charge is 0.339 e. The molecule has 1 aromatic rings. The number of hydrogen-bond acceptors (Lipinski definition) is 3. The summed E-state index contributed by atoms with van der Waals surface area (Å²) in [5.74, 6) is 0.0593. The number of piperidine rings is 1. The van der Waals surface area contributed by atoms with Gasteiger partial charge in [0, 0.05) is 18.7 Å². The number of nitrogens with one attached hydrogen (secondary N) is 1. The lowest BCUT2D eigenvalue weighted by Gasteiger charge is -2.32. The van der Waals surface area contributed by atoms with Crippen LogP contribution in [0.1, 0.15) is 47.2 Å². The molecule has 1 aromatic carbocycles. The molecule has 3 rings (SSSR count). The molecule has 1 N–H and O–H groups in total. The van der Waals surface area contributed by atoms with Gasteiger partial charge in [-0.05, 0) is 62.8 Å². The first-order valence-electron chi connectivity index (χ1n) is 8.35. The number of carbonyl (C=O) groups excluding carboxylic acids is 1.